The van der Waals surface area contributed by atoms with E-state index in [9.17, 15) is 14.4 Å². The zero-order chi connectivity index (χ0) is 28.3. The van der Waals surface area contributed by atoms with Crippen LogP contribution < -0.4 is 0 Å². The van der Waals surface area contributed by atoms with Gasteiger partial charge in [-0.15, -0.1) is 0 Å². The number of ether oxygens (including phenoxy) is 2. The predicted octanol–water partition coefficient (Wildman–Crippen LogP) is 6.33. The third kappa shape index (κ3) is 5.88. The number of imidazole rings is 2. The Morgan fingerprint density at radius 3 is 2.51 bits per heavy atom. The highest BCUT2D eigenvalue weighted by Crippen LogP contribution is 2.30. The van der Waals surface area contributed by atoms with E-state index in [1.165, 1.54) is 11.7 Å². The molecule has 4 rings (SSSR count). The molecule has 0 unspecified atom stereocenters. The van der Waals surface area contributed by atoms with Crippen LogP contribution in [0.25, 0.3) is 22.4 Å². The van der Waals surface area contributed by atoms with Gasteiger partial charge in [-0.2, -0.15) is 0 Å². The molecule has 0 amide bonds. The molecule has 0 spiro atoms. The van der Waals surface area contributed by atoms with E-state index in [1.807, 2.05) is 12.1 Å². The number of hydrogen-bond donors (Lipinski definition) is 0. The Morgan fingerprint density at radius 1 is 1.10 bits per heavy atom. The van der Waals surface area contributed by atoms with Crippen molar-refractivity contribution in [1.29, 1.82) is 0 Å². The van der Waals surface area contributed by atoms with E-state index >= 15 is 0 Å². The Hall–Kier alpha value is -3.98. The lowest BCUT2D eigenvalue weighted by Crippen LogP contribution is -2.27. The normalized spacial score (nSPS) is 11.5. The van der Waals surface area contributed by atoms with E-state index in [1.54, 1.807) is 55.7 Å². The van der Waals surface area contributed by atoms with Gasteiger partial charge in [0, 0.05) is 18.5 Å². The molecule has 0 aliphatic heterocycles. The van der Waals surface area contributed by atoms with Crippen LogP contribution in [0.5, 0.6) is 0 Å². The van der Waals surface area contributed by atoms with Gasteiger partial charge in [0.1, 0.15) is 17.1 Å². The van der Waals surface area contributed by atoms with Crippen molar-refractivity contribution in [3.63, 3.8) is 0 Å². The summed E-state index contributed by atoms with van der Waals surface area (Å²) < 4.78 is 13.9. The number of carbonyl (C=O) groups is 3. The fourth-order valence-electron chi connectivity index (χ4n) is 4.34. The van der Waals surface area contributed by atoms with Crippen LogP contribution in [0.15, 0.2) is 42.5 Å². The second kappa shape index (κ2) is 11.4. The van der Waals surface area contributed by atoms with Crippen molar-refractivity contribution in [3.05, 3.63) is 70.3 Å². The van der Waals surface area contributed by atoms with Crippen LogP contribution in [-0.4, -0.2) is 50.2 Å². The van der Waals surface area contributed by atoms with E-state index in [0.29, 0.717) is 41.5 Å². The van der Waals surface area contributed by atoms with E-state index < -0.39 is 17.7 Å². The Balaban J connectivity index is 1.89. The number of methoxy groups -OCH3 is 1. The maximum Gasteiger partial charge on any atom is 0.420 e. The molecule has 10 heteroatoms. The summed E-state index contributed by atoms with van der Waals surface area (Å²) in [5.74, 6) is 0.421. The third-order valence-electron chi connectivity index (χ3n) is 6.12. The molecule has 0 bridgehead atoms. The quantitative estimate of drug-likeness (QED) is 0.186. The van der Waals surface area contributed by atoms with Gasteiger partial charge < -0.3 is 14.0 Å². The van der Waals surface area contributed by atoms with E-state index in [2.05, 4.69) is 11.9 Å². The highest BCUT2D eigenvalue weighted by atomic mass is 35.5. The van der Waals surface area contributed by atoms with Crippen molar-refractivity contribution in [3.8, 4) is 11.4 Å². The SMILES string of the molecule is CCCCc1nc(Cl)c(C=O)n1Cc1ccc2nc(-c3ccccc3C(=O)OC)n(C(=O)OC(C)(C)C)c2c1. The number of esters is 1. The average molecular weight is 551 g/mol. The molecule has 0 atom stereocenters. The molecule has 204 valence electrons. The molecule has 0 saturated heterocycles. The number of aryl methyl sites for hydroxylation is 1. The Morgan fingerprint density at radius 2 is 1.85 bits per heavy atom. The Kier molecular flexibility index (Phi) is 8.20. The molecule has 2 aromatic carbocycles. The summed E-state index contributed by atoms with van der Waals surface area (Å²) in [4.78, 5) is 47.0. The first-order valence-electron chi connectivity index (χ1n) is 12.7. The molecule has 9 nitrogen and oxygen atoms in total. The van der Waals surface area contributed by atoms with Crippen LogP contribution in [0.3, 0.4) is 0 Å². The first kappa shape index (κ1) is 28.0. The summed E-state index contributed by atoms with van der Waals surface area (Å²) >= 11 is 6.27. The maximum atomic E-state index is 13.5. The van der Waals surface area contributed by atoms with Crippen LogP contribution >= 0.6 is 11.6 Å². The minimum atomic E-state index is -0.773. The smallest absolute Gasteiger partial charge is 0.420 e. The molecule has 39 heavy (non-hydrogen) atoms. The van der Waals surface area contributed by atoms with Crippen molar-refractivity contribution < 1.29 is 23.9 Å². The lowest BCUT2D eigenvalue weighted by atomic mass is 10.1. The van der Waals surface area contributed by atoms with Gasteiger partial charge in [-0.25, -0.2) is 24.1 Å². The molecular weight excluding hydrogens is 520 g/mol. The highest BCUT2D eigenvalue weighted by Gasteiger charge is 2.27. The van der Waals surface area contributed by atoms with Crippen molar-refractivity contribution in [2.24, 2.45) is 0 Å². The van der Waals surface area contributed by atoms with E-state index in [4.69, 9.17) is 26.1 Å². The fraction of sp³-hybridized carbons (Fsp3) is 0.345. The van der Waals surface area contributed by atoms with Crippen LogP contribution in [0, 0.1) is 0 Å². The standard InChI is InChI=1S/C29H31ClN4O5/c1-6-7-12-24-32-25(30)23(17-35)33(24)16-18-13-14-21-22(15-18)34(28(37)39-29(2,3)4)26(31-21)19-10-8-9-11-20(19)27(36)38-5/h8-11,13-15,17H,6-7,12,16H2,1-5H3. The largest absolute Gasteiger partial charge is 0.465 e. The minimum absolute atomic E-state index is 0.165. The number of fused-ring (bicyclic) bond motifs is 1. The molecule has 0 N–H and O–H groups in total. The number of rotatable bonds is 8. The van der Waals surface area contributed by atoms with Gasteiger partial charge in [0.25, 0.3) is 0 Å². The summed E-state index contributed by atoms with van der Waals surface area (Å²) in [6.45, 7) is 7.73. The topological polar surface area (TPSA) is 105 Å². The lowest BCUT2D eigenvalue weighted by molar-refractivity contribution is 0.0542. The second-order valence-electron chi connectivity index (χ2n) is 10.1. The lowest BCUT2D eigenvalue weighted by Gasteiger charge is -2.21. The maximum absolute atomic E-state index is 13.5. The van der Waals surface area contributed by atoms with Gasteiger partial charge in [0.15, 0.2) is 17.3 Å². The number of benzene rings is 2. The first-order chi connectivity index (χ1) is 18.6. The van der Waals surface area contributed by atoms with Crippen molar-refractivity contribution in [2.45, 2.75) is 59.1 Å². The van der Waals surface area contributed by atoms with Crippen LogP contribution in [0.2, 0.25) is 5.15 Å². The summed E-state index contributed by atoms with van der Waals surface area (Å²) in [7, 11) is 1.30. The molecule has 2 heterocycles. The minimum Gasteiger partial charge on any atom is -0.465 e. The molecule has 2 aromatic heterocycles. The number of aldehydes is 1. The molecule has 0 radical (unpaired) electrons. The molecule has 0 aliphatic rings. The van der Waals surface area contributed by atoms with E-state index in [0.717, 1.165) is 24.2 Å². The van der Waals surface area contributed by atoms with Gasteiger partial charge in [0.2, 0.25) is 0 Å². The average Bonchev–Trinajstić information content (AvgIpc) is 3.42. The number of carbonyl (C=O) groups excluding carboxylic acids is 3. The first-order valence-corrected chi connectivity index (χ1v) is 13.1. The van der Waals surface area contributed by atoms with Crippen LogP contribution in [0.4, 0.5) is 4.79 Å². The Bertz CT molecular complexity index is 1550. The van der Waals surface area contributed by atoms with Crippen molar-refractivity contribution in [2.75, 3.05) is 7.11 Å². The third-order valence-corrected chi connectivity index (χ3v) is 6.39. The van der Waals surface area contributed by atoms with E-state index in [-0.39, 0.29) is 16.5 Å². The van der Waals surface area contributed by atoms with Gasteiger partial charge in [0.05, 0.1) is 23.7 Å². The van der Waals surface area contributed by atoms with Gasteiger partial charge in [-0.05, 0) is 51.0 Å². The molecule has 0 aliphatic carbocycles. The number of nitrogens with zero attached hydrogens (tertiary/aromatic N) is 4. The molecule has 4 aromatic rings. The zero-order valence-corrected chi connectivity index (χ0v) is 23.4. The number of unbranched alkanes of at least 4 members (excludes halogenated alkanes) is 1. The zero-order valence-electron chi connectivity index (χ0n) is 22.7. The fourth-order valence-corrected chi connectivity index (χ4v) is 4.58. The Labute approximate surface area is 231 Å². The predicted molar refractivity (Wildman–Crippen MR) is 148 cm³/mol. The van der Waals surface area contributed by atoms with Crippen LogP contribution in [0.1, 0.15) is 72.8 Å². The molecule has 0 fully saturated rings. The van der Waals surface area contributed by atoms with Crippen molar-refractivity contribution >= 4 is 41.0 Å². The highest BCUT2D eigenvalue weighted by molar-refractivity contribution is 6.31. The molecule has 0 saturated carbocycles. The monoisotopic (exact) mass is 550 g/mol. The van der Waals surface area contributed by atoms with Gasteiger partial charge >= 0.3 is 12.1 Å². The summed E-state index contributed by atoms with van der Waals surface area (Å²) in [5, 5.41) is 0.165. The summed E-state index contributed by atoms with van der Waals surface area (Å²) in [6, 6.07) is 12.3. The summed E-state index contributed by atoms with van der Waals surface area (Å²) in [6.07, 6.45) is 2.61. The molecular formula is C29H31ClN4O5. The van der Waals surface area contributed by atoms with Crippen molar-refractivity contribution in [1.82, 2.24) is 19.1 Å². The number of hydrogen-bond acceptors (Lipinski definition) is 7. The number of aromatic nitrogens is 4. The second-order valence-corrected chi connectivity index (χ2v) is 10.5. The summed E-state index contributed by atoms with van der Waals surface area (Å²) in [5.41, 5.74) is 2.05. The number of halogens is 1. The van der Waals surface area contributed by atoms with Gasteiger partial charge in [-0.3, -0.25) is 4.79 Å². The van der Waals surface area contributed by atoms with Crippen LogP contribution in [-0.2, 0) is 22.4 Å². The van der Waals surface area contributed by atoms with Gasteiger partial charge in [-0.1, -0.05) is 49.2 Å².